The first-order valence-corrected chi connectivity index (χ1v) is 10.9. The molecule has 3 atom stereocenters. The summed E-state index contributed by atoms with van der Waals surface area (Å²) in [4.78, 5) is 36.5. The van der Waals surface area contributed by atoms with Gasteiger partial charge in [-0.2, -0.15) is 0 Å². The van der Waals surface area contributed by atoms with E-state index < -0.39 is 34.5 Å². The van der Waals surface area contributed by atoms with Crippen LogP contribution in [0.1, 0.15) is 19.3 Å². The highest BCUT2D eigenvalue weighted by molar-refractivity contribution is 6.02. The van der Waals surface area contributed by atoms with Crippen LogP contribution in [0.25, 0.3) is 0 Å². The van der Waals surface area contributed by atoms with Gasteiger partial charge < -0.3 is 29.9 Å². The van der Waals surface area contributed by atoms with Crippen LogP contribution in [-0.4, -0.2) is 93.9 Å². The lowest BCUT2D eigenvalue weighted by atomic mass is 9.97. The van der Waals surface area contributed by atoms with Gasteiger partial charge in [-0.25, -0.2) is 4.79 Å². The summed E-state index contributed by atoms with van der Waals surface area (Å²) in [5.74, 6) is -1.76. The Labute approximate surface area is 186 Å². The van der Waals surface area contributed by atoms with Crippen LogP contribution in [0.2, 0.25) is 0 Å². The highest BCUT2D eigenvalue weighted by Crippen LogP contribution is 2.37. The van der Waals surface area contributed by atoms with Crippen LogP contribution in [0.15, 0.2) is 23.3 Å². The predicted octanol–water partition coefficient (Wildman–Crippen LogP) is -0.703. The Morgan fingerprint density at radius 1 is 1.03 bits per heavy atom. The Morgan fingerprint density at radius 3 is 2.34 bits per heavy atom. The number of hydroxylamine groups is 3. The molecule has 3 amide bonds. The van der Waals surface area contributed by atoms with Crippen molar-refractivity contribution in [2.24, 2.45) is 5.73 Å². The van der Waals surface area contributed by atoms with Gasteiger partial charge in [-0.3, -0.25) is 19.6 Å². The van der Waals surface area contributed by atoms with Crippen molar-refractivity contribution < 1.29 is 38.0 Å². The van der Waals surface area contributed by atoms with Crippen molar-refractivity contribution in [3.63, 3.8) is 0 Å². The first kappa shape index (κ1) is 24.6. The Balaban J connectivity index is 1.41. The molecule has 1 aliphatic carbocycles. The van der Waals surface area contributed by atoms with E-state index in [2.05, 4.69) is 5.32 Å². The predicted molar refractivity (Wildman–Crippen MR) is 112 cm³/mol. The second kappa shape index (κ2) is 11.8. The van der Waals surface area contributed by atoms with Gasteiger partial charge in [-0.1, -0.05) is 6.08 Å². The van der Waals surface area contributed by atoms with Crippen molar-refractivity contribution in [1.29, 1.82) is 0 Å². The number of nitrogens with two attached hydrogens (primary N) is 1. The number of quaternary nitrogens is 1. The van der Waals surface area contributed by atoms with Crippen molar-refractivity contribution in [2.75, 3.05) is 59.3 Å². The summed E-state index contributed by atoms with van der Waals surface area (Å²) in [5, 5.41) is 15.6. The molecule has 3 rings (SSSR count). The first-order valence-electron chi connectivity index (χ1n) is 10.9. The maximum atomic E-state index is 13.4. The average molecular weight is 453 g/mol. The minimum atomic E-state index is -1.29. The van der Waals surface area contributed by atoms with Gasteiger partial charge in [0.25, 0.3) is 5.91 Å². The maximum absolute atomic E-state index is 13.4. The van der Waals surface area contributed by atoms with Crippen molar-refractivity contribution in [2.45, 2.75) is 31.4 Å². The molecule has 1 saturated heterocycles. The molecule has 0 bridgehead atoms. The number of nitrogens with zero attached hydrogens (tertiary/aromatic N) is 1. The molecule has 2 heterocycles. The van der Waals surface area contributed by atoms with Crippen LogP contribution in [0, 0.1) is 5.21 Å². The third-order valence-electron chi connectivity index (χ3n) is 5.62. The molecule has 178 valence electrons. The molecule has 0 saturated carbocycles. The summed E-state index contributed by atoms with van der Waals surface area (Å²) in [7, 11) is 0. The van der Waals surface area contributed by atoms with E-state index in [4.69, 9.17) is 24.7 Å². The molecule has 3 unspecified atom stereocenters. The summed E-state index contributed by atoms with van der Waals surface area (Å²) >= 11 is 0. The van der Waals surface area contributed by atoms with E-state index in [0.717, 1.165) is 0 Å². The standard InChI is InChI=1S/C21H31N3O8/c22-6-7-29-8-9-30-10-11-31-12-13-32-18-3-1-2-15-16(18)14-24(28,21(15)27)17-4-5-19(25)23-20(17)26/h1-2,17-18H,3-14,22H2,(H,23,25,26). The number of imide groups is 1. The topological polar surface area (TPSA) is 149 Å². The van der Waals surface area contributed by atoms with Gasteiger partial charge in [0.15, 0.2) is 6.04 Å². The zero-order chi connectivity index (χ0) is 23.0. The Morgan fingerprint density at radius 2 is 1.69 bits per heavy atom. The van der Waals surface area contributed by atoms with Gasteiger partial charge >= 0.3 is 5.91 Å². The first-order chi connectivity index (χ1) is 15.5. The summed E-state index contributed by atoms with van der Waals surface area (Å²) < 4.78 is 20.6. The lowest BCUT2D eigenvalue weighted by Gasteiger charge is -2.43. The third-order valence-corrected chi connectivity index (χ3v) is 5.62. The number of ether oxygens (including phenoxy) is 4. The minimum Gasteiger partial charge on any atom is -0.624 e. The molecule has 0 spiro atoms. The molecule has 0 aromatic rings. The average Bonchev–Trinajstić information content (AvgIpc) is 3.03. The van der Waals surface area contributed by atoms with Crippen LogP contribution in [-0.2, 0) is 33.3 Å². The number of nitrogens with one attached hydrogen (secondary N) is 1. The molecule has 0 radical (unpaired) electrons. The number of carbonyl (C=O) groups excluding carboxylic acids is 3. The SMILES string of the molecule is NCCOCCOCCOCCOC1CC=CC2=C1C[N+]([O-])(C1CCC(=O)NC1=O)C2=O. The van der Waals surface area contributed by atoms with Gasteiger partial charge in [-0.15, -0.1) is 0 Å². The zero-order valence-electron chi connectivity index (χ0n) is 18.1. The van der Waals surface area contributed by atoms with Crippen LogP contribution < -0.4 is 11.1 Å². The fourth-order valence-corrected chi connectivity index (χ4v) is 4.03. The van der Waals surface area contributed by atoms with Crippen LogP contribution in [0.4, 0.5) is 0 Å². The quantitative estimate of drug-likeness (QED) is 0.160. The van der Waals surface area contributed by atoms with Crippen LogP contribution in [0.3, 0.4) is 0 Å². The largest absolute Gasteiger partial charge is 0.624 e. The lowest BCUT2D eigenvalue weighted by molar-refractivity contribution is -0.811. The lowest BCUT2D eigenvalue weighted by Crippen LogP contribution is -2.62. The van der Waals surface area contributed by atoms with E-state index in [-0.39, 0.29) is 19.4 Å². The molecule has 11 heteroatoms. The van der Waals surface area contributed by atoms with Crippen LogP contribution >= 0.6 is 0 Å². The van der Waals surface area contributed by atoms with E-state index in [9.17, 15) is 19.6 Å². The van der Waals surface area contributed by atoms with E-state index in [1.807, 2.05) is 0 Å². The van der Waals surface area contributed by atoms with Crippen molar-refractivity contribution in [1.82, 2.24) is 5.32 Å². The normalized spacial score (nSPS) is 27.8. The molecule has 32 heavy (non-hydrogen) atoms. The smallest absolute Gasteiger partial charge is 0.347 e. The summed E-state index contributed by atoms with van der Waals surface area (Å²) in [6.07, 6.45) is 3.66. The molecular formula is C21H31N3O8. The van der Waals surface area contributed by atoms with Crippen molar-refractivity contribution in [3.8, 4) is 0 Å². The highest BCUT2D eigenvalue weighted by atomic mass is 16.6. The third kappa shape index (κ3) is 5.87. The van der Waals surface area contributed by atoms with E-state index in [1.54, 1.807) is 12.2 Å². The number of hydrogen-bond donors (Lipinski definition) is 2. The van der Waals surface area contributed by atoms with Gasteiger partial charge in [-0.05, 0) is 12.5 Å². The summed E-state index contributed by atoms with van der Waals surface area (Å²) in [6.45, 7) is 3.30. The number of hydrogen-bond acceptors (Lipinski definition) is 9. The zero-order valence-corrected chi connectivity index (χ0v) is 18.1. The fraction of sp³-hybridized carbons (Fsp3) is 0.667. The monoisotopic (exact) mass is 453 g/mol. The number of amides is 3. The van der Waals surface area contributed by atoms with Crippen LogP contribution in [0.5, 0.6) is 0 Å². The van der Waals surface area contributed by atoms with E-state index in [1.165, 1.54) is 0 Å². The number of piperidine rings is 1. The molecule has 0 aromatic heterocycles. The second-order valence-corrected chi connectivity index (χ2v) is 7.79. The molecule has 2 aliphatic heterocycles. The van der Waals surface area contributed by atoms with Gasteiger partial charge in [0.1, 0.15) is 6.54 Å². The van der Waals surface area contributed by atoms with Gasteiger partial charge in [0.05, 0.1) is 57.9 Å². The molecule has 1 fully saturated rings. The summed E-state index contributed by atoms with van der Waals surface area (Å²) in [6, 6.07) is -1.12. The molecular weight excluding hydrogens is 422 g/mol. The molecule has 3 N–H and O–H groups in total. The molecule has 3 aliphatic rings. The second-order valence-electron chi connectivity index (χ2n) is 7.79. The van der Waals surface area contributed by atoms with Crippen molar-refractivity contribution >= 4 is 17.7 Å². The highest BCUT2D eigenvalue weighted by Gasteiger charge is 2.51. The maximum Gasteiger partial charge on any atom is 0.347 e. The fourth-order valence-electron chi connectivity index (χ4n) is 4.03. The Bertz CT molecular complexity index is 768. The van der Waals surface area contributed by atoms with E-state index in [0.29, 0.717) is 70.4 Å². The minimum absolute atomic E-state index is 0.0497. The number of rotatable bonds is 13. The van der Waals surface area contributed by atoms with Gasteiger partial charge in [0.2, 0.25) is 5.91 Å². The molecule has 0 aromatic carbocycles. The van der Waals surface area contributed by atoms with E-state index >= 15 is 0 Å². The molecule has 11 nitrogen and oxygen atoms in total. The van der Waals surface area contributed by atoms with Gasteiger partial charge in [0, 0.05) is 25.0 Å². The number of carbonyl (C=O) groups is 3. The summed E-state index contributed by atoms with van der Waals surface area (Å²) in [5.41, 5.74) is 6.24. The van der Waals surface area contributed by atoms with Crippen molar-refractivity contribution in [3.05, 3.63) is 28.5 Å². The Kier molecular flexibility index (Phi) is 9.05. The Hall–Kier alpha value is -1.99.